The van der Waals surface area contributed by atoms with Gasteiger partial charge in [-0.05, 0) is 72.1 Å². The maximum absolute atomic E-state index is 13.2. The number of ether oxygens (including phenoxy) is 1. The highest BCUT2D eigenvalue weighted by Gasteiger charge is 2.27. The number of hydrogen-bond donors (Lipinski definition) is 1. The number of amides is 1. The highest BCUT2D eigenvalue weighted by atomic mass is 79.9. The van der Waals surface area contributed by atoms with Crippen molar-refractivity contribution in [3.8, 4) is 5.75 Å². The van der Waals surface area contributed by atoms with Crippen molar-refractivity contribution in [3.63, 3.8) is 0 Å². The average molecular weight is 471 g/mol. The Balaban J connectivity index is 1.70. The van der Waals surface area contributed by atoms with E-state index < -0.39 is 27.9 Å². The zero-order chi connectivity index (χ0) is 20.3. The largest absolute Gasteiger partial charge is 0.480 e. The Morgan fingerprint density at radius 2 is 1.93 bits per heavy atom. The molecule has 1 amide bonds. The predicted octanol–water partition coefficient (Wildman–Crippen LogP) is 3.78. The van der Waals surface area contributed by atoms with Crippen molar-refractivity contribution in [1.29, 1.82) is 0 Å². The van der Waals surface area contributed by atoms with Crippen molar-refractivity contribution in [2.75, 3.05) is 18.4 Å². The molecule has 0 saturated carbocycles. The van der Waals surface area contributed by atoms with Crippen molar-refractivity contribution < 1.29 is 22.3 Å². The van der Waals surface area contributed by atoms with E-state index in [9.17, 15) is 17.6 Å². The van der Waals surface area contributed by atoms with Crippen LogP contribution in [-0.4, -0.2) is 37.8 Å². The summed E-state index contributed by atoms with van der Waals surface area (Å²) in [5.74, 6) is -0.547. The molecule has 1 aliphatic heterocycles. The Kier molecular flexibility index (Phi) is 6.36. The first-order valence-electron chi connectivity index (χ1n) is 8.80. The number of sulfonamides is 1. The van der Waals surface area contributed by atoms with E-state index in [1.807, 2.05) is 0 Å². The lowest BCUT2D eigenvalue weighted by Gasteiger charge is -2.18. The monoisotopic (exact) mass is 470 g/mol. The Bertz CT molecular complexity index is 978. The summed E-state index contributed by atoms with van der Waals surface area (Å²) in [6.07, 6.45) is 0.827. The van der Waals surface area contributed by atoms with Gasteiger partial charge in [0.25, 0.3) is 5.91 Å². The molecule has 1 atom stereocenters. The maximum atomic E-state index is 13.2. The molecule has 1 unspecified atom stereocenters. The highest BCUT2D eigenvalue weighted by molar-refractivity contribution is 9.10. The van der Waals surface area contributed by atoms with Gasteiger partial charge >= 0.3 is 0 Å². The molecule has 0 radical (unpaired) electrons. The van der Waals surface area contributed by atoms with Crippen LogP contribution in [0.3, 0.4) is 0 Å². The minimum atomic E-state index is -3.57. The lowest BCUT2D eigenvalue weighted by molar-refractivity contribution is -0.122. The third-order valence-electron chi connectivity index (χ3n) is 4.37. The Morgan fingerprint density at radius 3 is 2.61 bits per heavy atom. The van der Waals surface area contributed by atoms with Gasteiger partial charge in [-0.1, -0.05) is 6.07 Å². The van der Waals surface area contributed by atoms with Gasteiger partial charge in [0.2, 0.25) is 10.0 Å². The molecule has 9 heteroatoms. The fourth-order valence-corrected chi connectivity index (χ4v) is 4.88. The molecule has 0 aromatic heterocycles. The van der Waals surface area contributed by atoms with Crippen LogP contribution in [0.25, 0.3) is 0 Å². The first-order valence-corrected chi connectivity index (χ1v) is 11.0. The number of carbonyl (C=O) groups is 1. The molecular weight excluding hydrogens is 451 g/mol. The number of rotatable bonds is 6. The number of hydrogen-bond acceptors (Lipinski definition) is 4. The molecule has 2 aromatic rings. The second-order valence-corrected chi connectivity index (χ2v) is 9.26. The number of nitrogens with one attached hydrogen (secondary N) is 1. The van der Waals surface area contributed by atoms with Crippen LogP contribution in [-0.2, 0) is 14.8 Å². The lowest BCUT2D eigenvalue weighted by Crippen LogP contribution is -2.30. The number of halogens is 2. The number of carbonyl (C=O) groups excluding carboxylic acids is 1. The minimum Gasteiger partial charge on any atom is -0.480 e. The van der Waals surface area contributed by atoms with E-state index in [4.69, 9.17) is 4.74 Å². The van der Waals surface area contributed by atoms with E-state index in [2.05, 4.69) is 21.2 Å². The van der Waals surface area contributed by atoms with Gasteiger partial charge in [0, 0.05) is 18.8 Å². The van der Waals surface area contributed by atoms with Gasteiger partial charge in [0.15, 0.2) is 6.10 Å². The van der Waals surface area contributed by atoms with Gasteiger partial charge in [-0.2, -0.15) is 4.31 Å². The van der Waals surface area contributed by atoms with Crippen molar-refractivity contribution in [1.82, 2.24) is 4.31 Å². The average Bonchev–Trinajstić information content (AvgIpc) is 3.20. The van der Waals surface area contributed by atoms with Crippen LogP contribution in [0.15, 0.2) is 51.8 Å². The van der Waals surface area contributed by atoms with Gasteiger partial charge < -0.3 is 10.1 Å². The Morgan fingerprint density at radius 1 is 1.21 bits per heavy atom. The Hall–Kier alpha value is -1.97. The summed E-state index contributed by atoms with van der Waals surface area (Å²) in [4.78, 5) is 12.6. The molecule has 0 bridgehead atoms. The van der Waals surface area contributed by atoms with Crippen LogP contribution in [0, 0.1) is 5.82 Å². The van der Waals surface area contributed by atoms with E-state index in [0.717, 1.165) is 12.8 Å². The molecule has 1 aliphatic rings. The van der Waals surface area contributed by atoms with Crippen LogP contribution in [0.4, 0.5) is 10.1 Å². The second kappa shape index (κ2) is 8.59. The van der Waals surface area contributed by atoms with Crippen LogP contribution < -0.4 is 10.1 Å². The third-order valence-corrected chi connectivity index (χ3v) is 6.89. The van der Waals surface area contributed by atoms with E-state index in [1.165, 1.54) is 34.6 Å². The number of anilines is 1. The molecule has 3 rings (SSSR count). The maximum Gasteiger partial charge on any atom is 0.265 e. The summed E-state index contributed by atoms with van der Waals surface area (Å²) in [7, 11) is -3.57. The molecule has 0 spiro atoms. The summed E-state index contributed by atoms with van der Waals surface area (Å²) >= 11 is 3.19. The quantitative estimate of drug-likeness (QED) is 0.696. The van der Waals surface area contributed by atoms with E-state index in [1.54, 1.807) is 19.1 Å². The predicted molar refractivity (Wildman–Crippen MR) is 107 cm³/mol. The lowest BCUT2D eigenvalue weighted by atomic mass is 10.3. The highest BCUT2D eigenvalue weighted by Crippen LogP contribution is 2.27. The van der Waals surface area contributed by atoms with Gasteiger partial charge in [-0.25, -0.2) is 12.8 Å². The fraction of sp³-hybridized carbons (Fsp3) is 0.316. The normalized spacial score (nSPS) is 16.0. The summed E-state index contributed by atoms with van der Waals surface area (Å²) in [6.45, 7) is 2.57. The SMILES string of the molecule is CC(Oc1ccc(F)cc1Br)C(=O)Nc1cccc(S(=O)(=O)N2CCCC2)c1. The minimum absolute atomic E-state index is 0.141. The summed E-state index contributed by atoms with van der Waals surface area (Å²) < 4.78 is 45.9. The van der Waals surface area contributed by atoms with Gasteiger partial charge in [0.1, 0.15) is 11.6 Å². The first kappa shape index (κ1) is 20.8. The zero-order valence-corrected chi connectivity index (χ0v) is 17.6. The number of nitrogens with zero attached hydrogens (tertiary/aromatic N) is 1. The van der Waals surface area contributed by atoms with Crippen molar-refractivity contribution in [2.24, 2.45) is 0 Å². The van der Waals surface area contributed by atoms with Crippen molar-refractivity contribution >= 4 is 37.5 Å². The molecular formula is C19H20BrFN2O4S. The summed E-state index contributed by atoms with van der Waals surface area (Å²) in [5.41, 5.74) is 0.360. The third kappa shape index (κ3) is 4.71. The molecule has 28 heavy (non-hydrogen) atoms. The van der Waals surface area contributed by atoms with E-state index in [-0.39, 0.29) is 4.90 Å². The van der Waals surface area contributed by atoms with E-state index in [0.29, 0.717) is 29.0 Å². The number of benzene rings is 2. The standard InChI is InChI=1S/C19H20BrFN2O4S/c1-13(27-18-8-7-14(21)11-17(18)20)19(24)22-15-5-4-6-16(12-15)28(25,26)23-9-2-3-10-23/h4-8,11-13H,2-3,9-10H2,1H3,(H,22,24). The smallest absolute Gasteiger partial charge is 0.265 e. The van der Waals surface area contributed by atoms with Gasteiger partial charge in [-0.3, -0.25) is 4.79 Å². The van der Waals surface area contributed by atoms with Crippen LogP contribution >= 0.6 is 15.9 Å². The zero-order valence-electron chi connectivity index (χ0n) is 15.2. The first-order chi connectivity index (χ1) is 13.3. The summed E-state index contributed by atoms with van der Waals surface area (Å²) in [5, 5.41) is 2.66. The molecule has 1 saturated heterocycles. The van der Waals surface area contributed by atoms with E-state index >= 15 is 0 Å². The van der Waals surface area contributed by atoms with Crippen molar-refractivity contribution in [2.45, 2.75) is 30.8 Å². The van der Waals surface area contributed by atoms with Gasteiger partial charge in [0.05, 0.1) is 9.37 Å². The summed E-state index contributed by atoms with van der Waals surface area (Å²) in [6, 6.07) is 10.0. The Labute approximate surface area is 171 Å². The van der Waals surface area contributed by atoms with Crippen LogP contribution in [0.1, 0.15) is 19.8 Å². The van der Waals surface area contributed by atoms with Crippen LogP contribution in [0.5, 0.6) is 5.75 Å². The molecule has 6 nitrogen and oxygen atoms in total. The molecule has 150 valence electrons. The molecule has 1 fully saturated rings. The molecule has 1 heterocycles. The molecule has 0 aliphatic carbocycles. The molecule has 1 N–H and O–H groups in total. The van der Waals surface area contributed by atoms with Gasteiger partial charge in [-0.15, -0.1) is 0 Å². The van der Waals surface area contributed by atoms with Crippen LogP contribution in [0.2, 0.25) is 0 Å². The fourth-order valence-electron chi connectivity index (χ4n) is 2.87. The molecule has 2 aromatic carbocycles. The topological polar surface area (TPSA) is 75.7 Å². The second-order valence-electron chi connectivity index (χ2n) is 6.46. The van der Waals surface area contributed by atoms with Crippen molar-refractivity contribution in [3.05, 3.63) is 52.8 Å².